The second kappa shape index (κ2) is 3.57. The van der Waals surface area contributed by atoms with Gasteiger partial charge in [0.05, 0.1) is 5.60 Å². The summed E-state index contributed by atoms with van der Waals surface area (Å²) in [5, 5.41) is 0. The van der Waals surface area contributed by atoms with E-state index < -0.39 is 0 Å². The molecule has 1 nitrogen and oxygen atoms in total. The first kappa shape index (κ1) is 9.05. The summed E-state index contributed by atoms with van der Waals surface area (Å²) in [5.74, 6) is 0.685. The van der Waals surface area contributed by atoms with Crippen LogP contribution in [0.25, 0.3) is 0 Å². The predicted molar refractivity (Wildman–Crippen MR) is 47.7 cm³/mol. The van der Waals surface area contributed by atoms with Gasteiger partial charge in [-0.15, -0.1) is 0 Å². The van der Waals surface area contributed by atoms with E-state index >= 15 is 0 Å². The molecule has 0 amide bonds. The minimum atomic E-state index is 0.245. The first-order valence-corrected chi connectivity index (χ1v) is 4.85. The molecule has 0 aromatic heterocycles. The Morgan fingerprint density at radius 3 is 2.18 bits per heavy atom. The molecule has 0 aromatic carbocycles. The lowest BCUT2D eigenvalue weighted by molar-refractivity contribution is -0.0674. The molecule has 0 atom stereocenters. The van der Waals surface area contributed by atoms with E-state index in [0.29, 0.717) is 5.92 Å². The zero-order chi connectivity index (χ0) is 8.32. The van der Waals surface area contributed by atoms with Crippen molar-refractivity contribution in [3.63, 3.8) is 0 Å². The summed E-state index contributed by atoms with van der Waals surface area (Å²) in [5.41, 5.74) is 0.245. The van der Waals surface area contributed by atoms with Crippen molar-refractivity contribution >= 4 is 0 Å². The summed E-state index contributed by atoms with van der Waals surface area (Å²) in [4.78, 5) is 0. The molecule has 1 heteroatoms. The van der Waals surface area contributed by atoms with Crippen LogP contribution in [0, 0.1) is 5.92 Å². The highest BCUT2D eigenvalue weighted by atomic mass is 16.5. The quantitative estimate of drug-likeness (QED) is 0.610. The SMILES string of the molecule is CCOC1(C(C)C)CCCC1. The Morgan fingerprint density at radius 2 is 1.82 bits per heavy atom. The van der Waals surface area contributed by atoms with Gasteiger partial charge in [0, 0.05) is 6.61 Å². The maximum Gasteiger partial charge on any atom is 0.0705 e. The summed E-state index contributed by atoms with van der Waals surface area (Å²) in [6.45, 7) is 7.53. The molecule has 0 spiro atoms. The second-order valence-electron chi connectivity index (χ2n) is 3.86. The Balaban J connectivity index is 2.55. The third kappa shape index (κ3) is 1.76. The molecule has 0 bridgehead atoms. The zero-order valence-corrected chi connectivity index (χ0v) is 8.02. The van der Waals surface area contributed by atoms with Crippen LogP contribution in [0.15, 0.2) is 0 Å². The fraction of sp³-hybridized carbons (Fsp3) is 1.00. The van der Waals surface area contributed by atoms with E-state index in [9.17, 15) is 0 Å². The molecule has 0 aromatic rings. The summed E-state index contributed by atoms with van der Waals surface area (Å²) >= 11 is 0. The van der Waals surface area contributed by atoms with Gasteiger partial charge < -0.3 is 4.74 Å². The first-order valence-electron chi connectivity index (χ1n) is 4.85. The van der Waals surface area contributed by atoms with Gasteiger partial charge in [0.25, 0.3) is 0 Å². The van der Waals surface area contributed by atoms with Crippen LogP contribution in [0.4, 0.5) is 0 Å². The van der Waals surface area contributed by atoms with E-state index in [0.717, 1.165) is 6.61 Å². The van der Waals surface area contributed by atoms with E-state index in [1.54, 1.807) is 0 Å². The van der Waals surface area contributed by atoms with Crippen molar-refractivity contribution < 1.29 is 4.74 Å². The fourth-order valence-electron chi connectivity index (χ4n) is 2.15. The summed E-state index contributed by atoms with van der Waals surface area (Å²) in [6, 6.07) is 0. The lowest BCUT2D eigenvalue weighted by Gasteiger charge is -2.33. The largest absolute Gasteiger partial charge is 0.375 e. The molecule has 11 heavy (non-hydrogen) atoms. The maximum absolute atomic E-state index is 5.85. The van der Waals surface area contributed by atoms with Gasteiger partial charge in [-0.1, -0.05) is 26.7 Å². The topological polar surface area (TPSA) is 9.23 Å². The van der Waals surface area contributed by atoms with Gasteiger partial charge in [-0.05, 0) is 25.7 Å². The molecule has 0 heterocycles. The maximum atomic E-state index is 5.85. The number of rotatable bonds is 3. The zero-order valence-electron chi connectivity index (χ0n) is 8.02. The predicted octanol–water partition coefficient (Wildman–Crippen LogP) is 2.99. The average Bonchev–Trinajstić information content (AvgIpc) is 2.38. The van der Waals surface area contributed by atoms with Crippen LogP contribution < -0.4 is 0 Å². The van der Waals surface area contributed by atoms with E-state index in [-0.39, 0.29) is 5.60 Å². The van der Waals surface area contributed by atoms with Crippen LogP contribution in [0.2, 0.25) is 0 Å². The van der Waals surface area contributed by atoms with E-state index in [4.69, 9.17) is 4.74 Å². The molecule has 66 valence electrons. The highest BCUT2D eigenvalue weighted by molar-refractivity contribution is 4.88. The van der Waals surface area contributed by atoms with Crippen LogP contribution in [0.5, 0.6) is 0 Å². The van der Waals surface area contributed by atoms with Crippen molar-refractivity contribution in [3.8, 4) is 0 Å². The normalized spacial score (nSPS) is 22.9. The molecule has 1 fully saturated rings. The van der Waals surface area contributed by atoms with Crippen molar-refractivity contribution in [2.75, 3.05) is 6.61 Å². The fourth-order valence-corrected chi connectivity index (χ4v) is 2.15. The highest BCUT2D eigenvalue weighted by Crippen LogP contribution is 2.38. The second-order valence-corrected chi connectivity index (χ2v) is 3.86. The third-order valence-corrected chi connectivity index (χ3v) is 2.93. The van der Waals surface area contributed by atoms with Crippen LogP contribution in [-0.2, 0) is 4.74 Å². The van der Waals surface area contributed by atoms with Crippen molar-refractivity contribution in [3.05, 3.63) is 0 Å². The van der Waals surface area contributed by atoms with E-state index in [1.165, 1.54) is 25.7 Å². The molecule has 1 aliphatic carbocycles. The van der Waals surface area contributed by atoms with Crippen molar-refractivity contribution in [1.82, 2.24) is 0 Å². The molecule has 1 rings (SSSR count). The van der Waals surface area contributed by atoms with Gasteiger partial charge >= 0.3 is 0 Å². The molecule has 0 saturated heterocycles. The standard InChI is InChI=1S/C10H20O/c1-4-11-10(9(2)3)7-5-6-8-10/h9H,4-8H2,1-3H3. The van der Waals surface area contributed by atoms with Gasteiger partial charge in [0.1, 0.15) is 0 Å². The van der Waals surface area contributed by atoms with Gasteiger partial charge in [-0.25, -0.2) is 0 Å². The van der Waals surface area contributed by atoms with Crippen molar-refractivity contribution in [2.45, 2.75) is 52.1 Å². The Kier molecular flexibility index (Phi) is 2.94. The van der Waals surface area contributed by atoms with Crippen LogP contribution in [-0.4, -0.2) is 12.2 Å². The number of hydrogen-bond acceptors (Lipinski definition) is 1. The molecule has 0 N–H and O–H groups in total. The molecule has 0 unspecified atom stereocenters. The Hall–Kier alpha value is -0.0400. The van der Waals surface area contributed by atoms with Crippen LogP contribution in [0.3, 0.4) is 0 Å². The molecule has 1 saturated carbocycles. The minimum Gasteiger partial charge on any atom is -0.375 e. The average molecular weight is 156 g/mol. The van der Waals surface area contributed by atoms with Crippen LogP contribution >= 0.6 is 0 Å². The number of ether oxygens (including phenoxy) is 1. The lowest BCUT2D eigenvalue weighted by atomic mass is 9.88. The van der Waals surface area contributed by atoms with Gasteiger partial charge in [-0.3, -0.25) is 0 Å². The van der Waals surface area contributed by atoms with Crippen LogP contribution in [0.1, 0.15) is 46.5 Å². The highest BCUT2D eigenvalue weighted by Gasteiger charge is 2.37. The number of hydrogen-bond donors (Lipinski definition) is 0. The molecule has 0 aliphatic heterocycles. The monoisotopic (exact) mass is 156 g/mol. The lowest BCUT2D eigenvalue weighted by Crippen LogP contribution is -2.35. The smallest absolute Gasteiger partial charge is 0.0705 e. The van der Waals surface area contributed by atoms with Crippen molar-refractivity contribution in [2.24, 2.45) is 5.92 Å². The molecular formula is C10H20O. The van der Waals surface area contributed by atoms with Gasteiger partial charge in [-0.2, -0.15) is 0 Å². The molecule has 1 aliphatic rings. The third-order valence-electron chi connectivity index (χ3n) is 2.93. The first-order chi connectivity index (χ1) is 5.21. The van der Waals surface area contributed by atoms with E-state index in [1.807, 2.05) is 0 Å². The summed E-state index contributed by atoms with van der Waals surface area (Å²) in [6.07, 6.45) is 5.27. The van der Waals surface area contributed by atoms with Gasteiger partial charge in [0.2, 0.25) is 0 Å². The summed E-state index contributed by atoms with van der Waals surface area (Å²) < 4.78 is 5.85. The minimum absolute atomic E-state index is 0.245. The molecule has 0 radical (unpaired) electrons. The van der Waals surface area contributed by atoms with E-state index in [2.05, 4.69) is 20.8 Å². The van der Waals surface area contributed by atoms with Gasteiger partial charge in [0.15, 0.2) is 0 Å². The van der Waals surface area contributed by atoms with Crippen molar-refractivity contribution in [1.29, 1.82) is 0 Å². The summed E-state index contributed by atoms with van der Waals surface area (Å²) in [7, 11) is 0. The Bertz CT molecular complexity index is 112. The Morgan fingerprint density at radius 1 is 1.27 bits per heavy atom. The Labute approximate surface area is 70.1 Å². The molecular weight excluding hydrogens is 136 g/mol.